The molecule has 0 radical (unpaired) electrons. The van der Waals surface area contributed by atoms with Gasteiger partial charge >= 0.3 is 0 Å². The molecule has 1 fully saturated rings. The Balaban J connectivity index is 1.59. The summed E-state index contributed by atoms with van der Waals surface area (Å²) in [6, 6.07) is 10.8. The molecule has 152 valence electrons. The van der Waals surface area contributed by atoms with Crippen molar-refractivity contribution in [2.75, 3.05) is 40.4 Å². The number of amides is 2. The van der Waals surface area contributed by atoms with Gasteiger partial charge in [0.25, 0.3) is 5.91 Å². The molecule has 0 N–H and O–H groups in total. The monoisotopic (exact) mass is 398 g/mol. The summed E-state index contributed by atoms with van der Waals surface area (Å²) in [6.45, 7) is 1.73. The number of piperazine rings is 1. The highest BCUT2D eigenvalue weighted by Gasteiger charge is 2.24. The van der Waals surface area contributed by atoms with Gasteiger partial charge < -0.3 is 19.3 Å². The number of hydrogen-bond acceptors (Lipinski definition) is 4. The molecular formula is C22H23FN2O4. The van der Waals surface area contributed by atoms with Crippen molar-refractivity contribution in [2.45, 2.75) is 0 Å². The van der Waals surface area contributed by atoms with Gasteiger partial charge in [-0.2, -0.15) is 0 Å². The summed E-state index contributed by atoms with van der Waals surface area (Å²) >= 11 is 0. The van der Waals surface area contributed by atoms with Crippen LogP contribution in [-0.4, -0.2) is 62.0 Å². The molecule has 0 bridgehead atoms. The predicted octanol–water partition coefficient (Wildman–Crippen LogP) is 2.84. The second-order valence-corrected chi connectivity index (χ2v) is 6.57. The highest BCUT2D eigenvalue weighted by Crippen LogP contribution is 2.25. The first-order chi connectivity index (χ1) is 14.0. The lowest BCUT2D eigenvalue weighted by Crippen LogP contribution is -2.50. The van der Waals surface area contributed by atoms with E-state index in [-0.39, 0.29) is 17.6 Å². The van der Waals surface area contributed by atoms with E-state index in [4.69, 9.17) is 9.47 Å². The number of methoxy groups -OCH3 is 2. The van der Waals surface area contributed by atoms with Crippen LogP contribution in [0.3, 0.4) is 0 Å². The molecule has 0 aromatic heterocycles. The fourth-order valence-corrected chi connectivity index (χ4v) is 3.14. The van der Waals surface area contributed by atoms with E-state index in [9.17, 15) is 14.0 Å². The summed E-state index contributed by atoms with van der Waals surface area (Å²) in [4.78, 5) is 28.4. The first-order valence-electron chi connectivity index (χ1n) is 9.25. The Kier molecular flexibility index (Phi) is 6.49. The topological polar surface area (TPSA) is 59.1 Å². The maximum atomic E-state index is 13.0. The minimum Gasteiger partial charge on any atom is -0.497 e. The van der Waals surface area contributed by atoms with Crippen LogP contribution in [0.4, 0.5) is 4.39 Å². The number of benzene rings is 2. The van der Waals surface area contributed by atoms with Gasteiger partial charge in [-0.25, -0.2) is 4.39 Å². The molecule has 1 heterocycles. The standard InChI is InChI=1S/C22H23FN2O4/c1-28-19-8-9-20(29-2)17(15-19)5-10-21(26)24-11-13-25(14-12-24)22(27)16-3-6-18(23)7-4-16/h3-10,15H,11-14H2,1-2H3/b10-5+. The lowest BCUT2D eigenvalue weighted by molar-refractivity contribution is -0.127. The van der Waals surface area contributed by atoms with Crippen LogP contribution in [0.25, 0.3) is 6.08 Å². The minimum absolute atomic E-state index is 0.135. The van der Waals surface area contributed by atoms with Crippen LogP contribution in [0.1, 0.15) is 15.9 Å². The summed E-state index contributed by atoms with van der Waals surface area (Å²) in [5.41, 5.74) is 1.18. The molecule has 0 atom stereocenters. The number of hydrogen-bond donors (Lipinski definition) is 0. The fraction of sp³-hybridized carbons (Fsp3) is 0.273. The molecule has 3 rings (SSSR count). The molecule has 29 heavy (non-hydrogen) atoms. The normalized spacial score (nSPS) is 14.2. The van der Waals surface area contributed by atoms with Crippen molar-refractivity contribution >= 4 is 17.9 Å². The van der Waals surface area contributed by atoms with E-state index in [0.717, 1.165) is 5.56 Å². The SMILES string of the molecule is COc1ccc(OC)c(/C=C/C(=O)N2CCN(C(=O)c3ccc(F)cc3)CC2)c1. The van der Waals surface area contributed by atoms with Crippen LogP contribution in [0, 0.1) is 5.82 Å². The van der Waals surface area contributed by atoms with E-state index in [0.29, 0.717) is 43.2 Å². The molecule has 6 nitrogen and oxygen atoms in total. The summed E-state index contributed by atoms with van der Waals surface area (Å²) in [6.07, 6.45) is 3.19. The molecule has 2 aromatic rings. The van der Waals surface area contributed by atoms with Crippen molar-refractivity contribution in [2.24, 2.45) is 0 Å². The largest absolute Gasteiger partial charge is 0.497 e. The molecule has 0 unspecified atom stereocenters. The van der Waals surface area contributed by atoms with Crippen LogP contribution in [0.5, 0.6) is 11.5 Å². The second-order valence-electron chi connectivity index (χ2n) is 6.57. The van der Waals surface area contributed by atoms with Crippen molar-refractivity contribution in [1.29, 1.82) is 0 Å². The molecule has 1 aliphatic heterocycles. The first kappa shape index (κ1) is 20.4. The van der Waals surface area contributed by atoms with Crippen molar-refractivity contribution in [1.82, 2.24) is 9.80 Å². The molecule has 1 aliphatic rings. The Bertz CT molecular complexity index is 904. The third-order valence-corrected chi connectivity index (χ3v) is 4.81. The van der Waals surface area contributed by atoms with Crippen molar-refractivity contribution < 1.29 is 23.5 Å². The van der Waals surface area contributed by atoms with Gasteiger partial charge in [0.2, 0.25) is 5.91 Å². The van der Waals surface area contributed by atoms with E-state index in [2.05, 4.69) is 0 Å². The maximum Gasteiger partial charge on any atom is 0.253 e. The lowest BCUT2D eigenvalue weighted by atomic mass is 10.1. The number of carbonyl (C=O) groups is 2. The van der Waals surface area contributed by atoms with Gasteiger partial charge in [0.05, 0.1) is 14.2 Å². The summed E-state index contributed by atoms with van der Waals surface area (Å²) < 4.78 is 23.6. The molecule has 2 amide bonds. The molecule has 0 aliphatic carbocycles. The zero-order chi connectivity index (χ0) is 20.8. The Morgan fingerprint density at radius 2 is 1.59 bits per heavy atom. The summed E-state index contributed by atoms with van der Waals surface area (Å²) in [7, 11) is 3.14. The average Bonchev–Trinajstić information content (AvgIpc) is 2.77. The molecular weight excluding hydrogens is 375 g/mol. The number of ether oxygens (including phenoxy) is 2. The summed E-state index contributed by atoms with van der Waals surface area (Å²) in [5.74, 6) is 0.643. The highest BCUT2D eigenvalue weighted by atomic mass is 19.1. The van der Waals surface area contributed by atoms with Crippen molar-refractivity contribution in [3.8, 4) is 11.5 Å². The zero-order valence-electron chi connectivity index (χ0n) is 16.4. The molecule has 1 saturated heterocycles. The van der Waals surface area contributed by atoms with Gasteiger partial charge in [0.1, 0.15) is 17.3 Å². The molecule has 7 heteroatoms. The second kappa shape index (κ2) is 9.23. The Hall–Kier alpha value is -3.35. The van der Waals surface area contributed by atoms with Gasteiger partial charge in [-0.05, 0) is 48.5 Å². The van der Waals surface area contributed by atoms with Gasteiger partial charge in [-0.15, -0.1) is 0 Å². The summed E-state index contributed by atoms with van der Waals surface area (Å²) in [5, 5.41) is 0. The van der Waals surface area contributed by atoms with Crippen LogP contribution >= 0.6 is 0 Å². The fourth-order valence-electron chi connectivity index (χ4n) is 3.14. The Labute approximate surface area is 169 Å². The lowest BCUT2D eigenvalue weighted by Gasteiger charge is -2.34. The zero-order valence-corrected chi connectivity index (χ0v) is 16.4. The third-order valence-electron chi connectivity index (χ3n) is 4.81. The van der Waals surface area contributed by atoms with Crippen molar-refractivity contribution in [3.05, 3.63) is 65.5 Å². The Morgan fingerprint density at radius 1 is 0.931 bits per heavy atom. The number of nitrogens with zero attached hydrogens (tertiary/aromatic N) is 2. The van der Waals surface area contributed by atoms with Crippen LogP contribution in [-0.2, 0) is 4.79 Å². The third kappa shape index (κ3) is 4.93. The van der Waals surface area contributed by atoms with E-state index >= 15 is 0 Å². The molecule has 0 spiro atoms. The number of halogens is 1. The molecule has 2 aromatic carbocycles. The average molecular weight is 398 g/mol. The Morgan fingerprint density at radius 3 is 2.21 bits per heavy atom. The van der Waals surface area contributed by atoms with Crippen LogP contribution in [0.15, 0.2) is 48.5 Å². The maximum absolute atomic E-state index is 13.0. The quantitative estimate of drug-likeness (QED) is 0.727. The highest BCUT2D eigenvalue weighted by molar-refractivity contribution is 5.95. The molecule has 0 saturated carbocycles. The van der Waals surface area contributed by atoms with Gasteiger partial charge in [0.15, 0.2) is 0 Å². The van der Waals surface area contributed by atoms with E-state index in [1.165, 1.54) is 30.3 Å². The van der Waals surface area contributed by atoms with Crippen molar-refractivity contribution in [3.63, 3.8) is 0 Å². The number of carbonyl (C=O) groups excluding carboxylic acids is 2. The van der Waals surface area contributed by atoms with Crippen LogP contribution < -0.4 is 9.47 Å². The van der Waals surface area contributed by atoms with Gasteiger partial charge in [0, 0.05) is 43.4 Å². The predicted molar refractivity (Wildman–Crippen MR) is 107 cm³/mol. The van der Waals surface area contributed by atoms with E-state index in [1.54, 1.807) is 48.3 Å². The smallest absolute Gasteiger partial charge is 0.253 e. The number of rotatable bonds is 5. The minimum atomic E-state index is -0.378. The first-order valence-corrected chi connectivity index (χ1v) is 9.25. The van der Waals surface area contributed by atoms with Gasteiger partial charge in [-0.1, -0.05) is 0 Å². The van der Waals surface area contributed by atoms with Gasteiger partial charge in [-0.3, -0.25) is 9.59 Å². The van der Waals surface area contributed by atoms with E-state index in [1.807, 2.05) is 0 Å². The van der Waals surface area contributed by atoms with Crippen LogP contribution in [0.2, 0.25) is 0 Å². The van der Waals surface area contributed by atoms with E-state index < -0.39 is 0 Å².